The molecule has 6 nitrogen and oxygen atoms in total. The lowest BCUT2D eigenvalue weighted by Crippen LogP contribution is -2.26. The summed E-state index contributed by atoms with van der Waals surface area (Å²) in [5.41, 5.74) is 0.346. The Morgan fingerprint density at radius 1 is 1.31 bits per heavy atom. The lowest BCUT2D eigenvalue weighted by atomic mass is 10.1. The third-order valence-electron chi connectivity index (χ3n) is 4.50. The Morgan fingerprint density at radius 3 is 2.81 bits per heavy atom. The molecule has 1 fully saturated rings. The van der Waals surface area contributed by atoms with Crippen molar-refractivity contribution in [2.24, 2.45) is 0 Å². The first kappa shape index (κ1) is 18.9. The highest BCUT2D eigenvalue weighted by Gasteiger charge is 2.16. The Balaban J connectivity index is 1.51. The Bertz CT molecular complexity index is 745. The molecule has 1 aliphatic carbocycles. The molecule has 0 radical (unpaired) electrons. The summed E-state index contributed by atoms with van der Waals surface area (Å²) in [5, 5.41) is 17.2. The quantitative estimate of drug-likeness (QED) is 0.509. The van der Waals surface area contributed by atoms with Gasteiger partial charge in [0.15, 0.2) is 5.13 Å². The molecule has 3 N–H and O–H groups in total. The zero-order valence-electron chi connectivity index (χ0n) is 14.5. The third kappa shape index (κ3) is 5.08. The van der Waals surface area contributed by atoms with Crippen LogP contribution in [0.15, 0.2) is 18.3 Å². The zero-order valence-corrected chi connectivity index (χ0v) is 16.1. The van der Waals surface area contributed by atoms with Gasteiger partial charge in [-0.05, 0) is 25.0 Å². The molecular formula is C18H23ClN4O2S. The molecule has 1 aliphatic rings. The third-order valence-corrected chi connectivity index (χ3v) is 5.84. The maximum Gasteiger partial charge on any atom is 0.254 e. The summed E-state index contributed by atoms with van der Waals surface area (Å²) in [7, 11) is 0. The Morgan fingerprint density at radius 2 is 2.08 bits per heavy atom. The number of carbonyl (C=O) groups is 1. The van der Waals surface area contributed by atoms with Crippen molar-refractivity contribution in [2.45, 2.75) is 51.0 Å². The largest absolute Gasteiger partial charge is 0.492 e. The molecule has 8 heteroatoms. The van der Waals surface area contributed by atoms with Crippen molar-refractivity contribution in [3.8, 4) is 5.88 Å². The molecule has 0 bridgehead atoms. The minimum Gasteiger partial charge on any atom is -0.492 e. The standard InChI is InChI=1S/C18H23ClN4O2S/c19-15-13(8-5-10-20-15)16(24)21-11-9-14-17(25)23-18(26-14)22-12-6-3-1-2-4-7-12/h5,8,10,12,25H,1-4,6-7,9,11H2,(H,21,24)(H,22,23). The number of pyridine rings is 1. The van der Waals surface area contributed by atoms with E-state index in [9.17, 15) is 9.90 Å². The lowest BCUT2D eigenvalue weighted by Gasteiger charge is -2.14. The van der Waals surface area contributed by atoms with Crippen LogP contribution in [0.3, 0.4) is 0 Å². The maximum atomic E-state index is 12.1. The van der Waals surface area contributed by atoms with Gasteiger partial charge in [-0.3, -0.25) is 4.79 Å². The fourth-order valence-corrected chi connectivity index (χ4v) is 4.24. The predicted molar refractivity (Wildman–Crippen MR) is 104 cm³/mol. The van der Waals surface area contributed by atoms with E-state index in [1.54, 1.807) is 12.1 Å². The van der Waals surface area contributed by atoms with E-state index in [1.807, 2.05) is 0 Å². The second kappa shape index (κ2) is 9.19. The van der Waals surface area contributed by atoms with Gasteiger partial charge in [-0.2, -0.15) is 4.98 Å². The minimum atomic E-state index is -0.274. The van der Waals surface area contributed by atoms with Crippen LogP contribution in [0.5, 0.6) is 5.88 Å². The van der Waals surface area contributed by atoms with Crippen molar-refractivity contribution in [1.82, 2.24) is 15.3 Å². The first-order chi connectivity index (χ1) is 12.6. The Hall–Kier alpha value is -1.86. The van der Waals surface area contributed by atoms with Gasteiger partial charge in [-0.25, -0.2) is 4.98 Å². The van der Waals surface area contributed by atoms with Crippen LogP contribution >= 0.6 is 22.9 Å². The molecule has 0 aliphatic heterocycles. The van der Waals surface area contributed by atoms with E-state index in [1.165, 1.54) is 43.2 Å². The van der Waals surface area contributed by atoms with Gasteiger partial charge in [-0.15, -0.1) is 0 Å². The number of hydrogen-bond donors (Lipinski definition) is 3. The fraction of sp³-hybridized carbons (Fsp3) is 0.500. The van der Waals surface area contributed by atoms with Gasteiger partial charge in [0.2, 0.25) is 5.88 Å². The number of anilines is 1. The van der Waals surface area contributed by atoms with E-state index in [0.29, 0.717) is 24.6 Å². The van der Waals surface area contributed by atoms with Gasteiger partial charge in [0.1, 0.15) is 5.15 Å². The number of aromatic hydroxyl groups is 1. The molecule has 0 spiro atoms. The molecule has 1 amide bonds. The van der Waals surface area contributed by atoms with E-state index < -0.39 is 0 Å². The molecule has 2 aromatic heterocycles. The van der Waals surface area contributed by atoms with Gasteiger partial charge >= 0.3 is 0 Å². The molecule has 3 rings (SSSR count). The summed E-state index contributed by atoms with van der Waals surface area (Å²) >= 11 is 7.37. The molecule has 0 saturated heterocycles. The van der Waals surface area contributed by atoms with E-state index >= 15 is 0 Å². The van der Waals surface area contributed by atoms with E-state index in [2.05, 4.69) is 20.6 Å². The predicted octanol–water partition coefficient (Wildman–Crippen LogP) is 4.00. The van der Waals surface area contributed by atoms with Crippen molar-refractivity contribution in [3.63, 3.8) is 0 Å². The van der Waals surface area contributed by atoms with Gasteiger partial charge in [0, 0.05) is 25.2 Å². The first-order valence-electron chi connectivity index (χ1n) is 8.97. The van der Waals surface area contributed by atoms with Crippen LogP contribution in [0, 0.1) is 0 Å². The molecule has 140 valence electrons. The molecule has 2 heterocycles. The number of nitrogens with zero attached hydrogens (tertiary/aromatic N) is 2. The van der Waals surface area contributed by atoms with Crippen molar-refractivity contribution < 1.29 is 9.90 Å². The van der Waals surface area contributed by atoms with Crippen LogP contribution in [0.1, 0.15) is 53.8 Å². The molecular weight excluding hydrogens is 372 g/mol. The molecule has 1 saturated carbocycles. The highest BCUT2D eigenvalue weighted by molar-refractivity contribution is 7.15. The van der Waals surface area contributed by atoms with Crippen LogP contribution < -0.4 is 10.6 Å². The molecule has 0 atom stereocenters. The van der Waals surface area contributed by atoms with Crippen LogP contribution in [0.25, 0.3) is 0 Å². The monoisotopic (exact) mass is 394 g/mol. The normalized spacial score (nSPS) is 15.4. The first-order valence-corrected chi connectivity index (χ1v) is 10.2. The second-order valence-corrected chi connectivity index (χ2v) is 7.89. The number of amides is 1. The second-order valence-electron chi connectivity index (χ2n) is 6.45. The fourth-order valence-electron chi connectivity index (χ4n) is 3.11. The van der Waals surface area contributed by atoms with Gasteiger partial charge < -0.3 is 15.7 Å². The minimum absolute atomic E-state index is 0.0415. The summed E-state index contributed by atoms with van der Waals surface area (Å²) < 4.78 is 0. The molecule has 2 aromatic rings. The summed E-state index contributed by atoms with van der Waals surface area (Å²) in [5.74, 6) is -0.233. The number of rotatable bonds is 6. The number of halogens is 1. The van der Waals surface area contributed by atoms with E-state index in [4.69, 9.17) is 11.6 Å². The highest BCUT2D eigenvalue weighted by Crippen LogP contribution is 2.30. The topological polar surface area (TPSA) is 87.1 Å². The van der Waals surface area contributed by atoms with Crippen LogP contribution in [-0.2, 0) is 6.42 Å². The lowest BCUT2D eigenvalue weighted by molar-refractivity contribution is 0.0954. The van der Waals surface area contributed by atoms with Crippen molar-refractivity contribution in [2.75, 3.05) is 11.9 Å². The number of nitrogens with one attached hydrogen (secondary N) is 2. The summed E-state index contributed by atoms with van der Waals surface area (Å²) in [4.78, 5) is 21.0. The SMILES string of the molecule is O=C(NCCc1sc(NC2CCCCCC2)nc1O)c1cccnc1Cl. The average Bonchev–Trinajstić information content (AvgIpc) is 2.82. The van der Waals surface area contributed by atoms with Crippen molar-refractivity contribution in [1.29, 1.82) is 0 Å². The van der Waals surface area contributed by atoms with Gasteiger partial charge in [-0.1, -0.05) is 48.6 Å². The summed E-state index contributed by atoms with van der Waals surface area (Å²) in [6, 6.07) is 3.73. The number of carbonyl (C=O) groups excluding carboxylic acids is 1. The maximum absolute atomic E-state index is 12.1. The van der Waals surface area contributed by atoms with E-state index in [0.717, 1.165) is 22.9 Å². The van der Waals surface area contributed by atoms with E-state index in [-0.39, 0.29) is 16.9 Å². The number of aromatic nitrogens is 2. The molecule has 0 aromatic carbocycles. The van der Waals surface area contributed by atoms with Gasteiger partial charge in [0.25, 0.3) is 5.91 Å². The van der Waals surface area contributed by atoms with Crippen molar-refractivity contribution >= 4 is 34.0 Å². The molecule has 26 heavy (non-hydrogen) atoms. The average molecular weight is 395 g/mol. The van der Waals surface area contributed by atoms with Crippen molar-refractivity contribution in [3.05, 3.63) is 33.9 Å². The molecule has 0 unspecified atom stereocenters. The van der Waals surface area contributed by atoms with Crippen LogP contribution in [-0.4, -0.2) is 33.6 Å². The number of thiazole rings is 1. The number of hydrogen-bond acceptors (Lipinski definition) is 6. The summed E-state index contributed by atoms with van der Waals surface area (Å²) in [6.07, 6.45) is 9.43. The van der Waals surface area contributed by atoms with Crippen LogP contribution in [0.4, 0.5) is 5.13 Å². The smallest absolute Gasteiger partial charge is 0.254 e. The zero-order chi connectivity index (χ0) is 18.4. The van der Waals surface area contributed by atoms with Crippen LogP contribution in [0.2, 0.25) is 5.15 Å². The Labute approximate surface area is 162 Å². The summed E-state index contributed by atoms with van der Waals surface area (Å²) in [6.45, 7) is 0.392. The van der Waals surface area contributed by atoms with Gasteiger partial charge in [0.05, 0.1) is 10.4 Å². The Kier molecular flexibility index (Phi) is 6.68. The highest BCUT2D eigenvalue weighted by atomic mass is 35.5.